The van der Waals surface area contributed by atoms with Crippen LogP contribution in [-0.2, 0) is 58.2 Å². The second kappa shape index (κ2) is 17.0. The molecule has 1 saturated heterocycles. The first-order valence-electron chi connectivity index (χ1n) is 18.2. The van der Waals surface area contributed by atoms with Gasteiger partial charge in [-0.15, -0.1) is 0 Å². The third-order valence-electron chi connectivity index (χ3n) is 9.21. The van der Waals surface area contributed by atoms with E-state index in [1.807, 2.05) is 12.1 Å². The van der Waals surface area contributed by atoms with E-state index in [1.54, 1.807) is 72.7 Å². The Morgan fingerprint density at radius 3 is 2.16 bits per heavy atom. The summed E-state index contributed by atoms with van der Waals surface area (Å²) in [6.45, 7) is 18.8. The zero-order chi connectivity index (χ0) is 41.1. The van der Waals surface area contributed by atoms with Gasteiger partial charge in [-0.1, -0.05) is 60.6 Å². The predicted molar refractivity (Wildman–Crippen MR) is 203 cm³/mol. The van der Waals surface area contributed by atoms with Crippen molar-refractivity contribution in [3.05, 3.63) is 54.0 Å². The van der Waals surface area contributed by atoms with Gasteiger partial charge in [-0.05, 0) is 62.9 Å². The number of esters is 3. The summed E-state index contributed by atoms with van der Waals surface area (Å²) in [4.78, 5) is 43.6. The molecule has 2 aromatic heterocycles. The van der Waals surface area contributed by atoms with Crippen LogP contribution in [0.2, 0.25) is 0 Å². The third kappa shape index (κ3) is 10.4. The number of hydrogen-bond acceptors (Lipinski definition) is 14. The van der Waals surface area contributed by atoms with Crippen LogP contribution in [0.3, 0.4) is 0 Å². The fourth-order valence-corrected chi connectivity index (χ4v) is 7.11. The zero-order valence-electron chi connectivity index (χ0n) is 33.8. The van der Waals surface area contributed by atoms with Crippen molar-refractivity contribution in [1.82, 2.24) is 19.7 Å². The number of ether oxygens (including phenoxy) is 5. The molecule has 3 aromatic rings. The first kappa shape index (κ1) is 43.6. The minimum atomic E-state index is -4.47. The van der Waals surface area contributed by atoms with Gasteiger partial charge in [0, 0.05) is 7.11 Å². The molecule has 0 bridgehead atoms. The van der Waals surface area contributed by atoms with Crippen molar-refractivity contribution in [3.63, 3.8) is 0 Å². The SMILES string of the molecule is COC(C)(C)COC(=O)[C@H](C)NP(=O)(OC[C@H]1O[C@@](C)(c2ccc3c(N)ncnn23)[C@H](OC(=O)C(C)C)[C@@H]1OC(=O)C(C)C)Oc1ccc(C(C)(C)C)cc1. The molecular weight excluding hydrogens is 733 g/mol. The minimum Gasteiger partial charge on any atom is -0.461 e. The molecule has 6 atom stereocenters. The molecule has 1 unspecified atom stereocenters. The molecule has 0 saturated carbocycles. The van der Waals surface area contributed by atoms with E-state index in [1.165, 1.54) is 24.9 Å². The number of rotatable bonds is 16. The molecule has 0 radical (unpaired) electrons. The summed E-state index contributed by atoms with van der Waals surface area (Å²) in [7, 11) is -2.98. The molecule has 304 valence electrons. The smallest absolute Gasteiger partial charge is 0.459 e. The number of benzene rings is 1. The molecule has 1 aliphatic rings. The van der Waals surface area contributed by atoms with Crippen LogP contribution in [0.4, 0.5) is 5.82 Å². The summed E-state index contributed by atoms with van der Waals surface area (Å²) >= 11 is 0. The highest BCUT2D eigenvalue weighted by Gasteiger charge is 2.59. The number of nitrogens with two attached hydrogens (primary N) is 1. The number of nitrogens with one attached hydrogen (secondary N) is 1. The van der Waals surface area contributed by atoms with Crippen LogP contribution in [0.15, 0.2) is 42.7 Å². The number of nitrogens with zero attached hydrogens (tertiary/aromatic N) is 3. The summed E-state index contributed by atoms with van der Waals surface area (Å²) in [5.41, 5.74) is 5.53. The van der Waals surface area contributed by atoms with E-state index in [4.69, 9.17) is 38.5 Å². The number of hydrogen-bond donors (Lipinski definition) is 2. The number of methoxy groups -OCH3 is 1. The highest BCUT2D eigenvalue weighted by molar-refractivity contribution is 7.52. The Kier molecular flexibility index (Phi) is 13.5. The highest BCUT2D eigenvalue weighted by atomic mass is 31.2. The maximum Gasteiger partial charge on any atom is 0.459 e. The van der Waals surface area contributed by atoms with Crippen molar-refractivity contribution >= 4 is 37.0 Å². The molecule has 17 heteroatoms. The van der Waals surface area contributed by atoms with Crippen LogP contribution < -0.4 is 15.3 Å². The quantitative estimate of drug-likeness (QED) is 0.104. The second-order valence-electron chi connectivity index (χ2n) is 16.1. The first-order valence-corrected chi connectivity index (χ1v) is 19.8. The molecule has 1 fully saturated rings. The Balaban J connectivity index is 1.74. The number of carbonyl (C=O) groups excluding carboxylic acids is 3. The maximum absolute atomic E-state index is 14.7. The predicted octanol–water partition coefficient (Wildman–Crippen LogP) is 5.51. The van der Waals surface area contributed by atoms with Gasteiger partial charge in [0.1, 0.15) is 41.9 Å². The van der Waals surface area contributed by atoms with Gasteiger partial charge in [-0.3, -0.25) is 18.9 Å². The van der Waals surface area contributed by atoms with Gasteiger partial charge in [0.05, 0.1) is 29.7 Å². The van der Waals surface area contributed by atoms with Crippen LogP contribution in [0.25, 0.3) is 5.52 Å². The van der Waals surface area contributed by atoms with Gasteiger partial charge in [0.15, 0.2) is 18.0 Å². The van der Waals surface area contributed by atoms with Crippen molar-refractivity contribution in [2.45, 2.75) is 117 Å². The number of anilines is 1. The van der Waals surface area contributed by atoms with Gasteiger partial charge >= 0.3 is 25.7 Å². The third-order valence-corrected chi connectivity index (χ3v) is 10.9. The van der Waals surface area contributed by atoms with E-state index in [0.717, 1.165) is 5.56 Å². The lowest BCUT2D eigenvalue weighted by Crippen LogP contribution is -2.46. The van der Waals surface area contributed by atoms with Crippen LogP contribution in [0.5, 0.6) is 5.75 Å². The summed E-state index contributed by atoms with van der Waals surface area (Å²) in [6.07, 6.45) is -2.45. The van der Waals surface area contributed by atoms with E-state index in [2.05, 4.69) is 35.9 Å². The number of fused-ring (bicyclic) bond motifs is 1. The van der Waals surface area contributed by atoms with Gasteiger partial charge in [-0.2, -0.15) is 10.2 Å². The largest absolute Gasteiger partial charge is 0.461 e. The van der Waals surface area contributed by atoms with Crippen LogP contribution in [0, 0.1) is 11.8 Å². The normalized spacial score (nSPS) is 22.0. The fraction of sp³-hybridized carbons (Fsp3) is 0.605. The van der Waals surface area contributed by atoms with E-state index < -0.39 is 79.7 Å². The maximum atomic E-state index is 14.7. The van der Waals surface area contributed by atoms with Gasteiger partial charge < -0.3 is 33.9 Å². The molecule has 0 spiro atoms. The molecule has 3 heterocycles. The molecule has 0 amide bonds. The van der Waals surface area contributed by atoms with E-state index in [9.17, 15) is 18.9 Å². The molecule has 16 nitrogen and oxygen atoms in total. The van der Waals surface area contributed by atoms with Gasteiger partial charge in [-0.25, -0.2) is 14.1 Å². The van der Waals surface area contributed by atoms with Crippen LogP contribution in [0.1, 0.15) is 87.4 Å². The van der Waals surface area contributed by atoms with E-state index in [-0.39, 0.29) is 23.6 Å². The lowest BCUT2D eigenvalue weighted by Gasteiger charge is -2.31. The lowest BCUT2D eigenvalue weighted by molar-refractivity contribution is -0.175. The van der Waals surface area contributed by atoms with Gasteiger partial charge in [0.2, 0.25) is 0 Å². The second-order valence-corrected chi connectivity index (χ2v) is 17.8. The molecule has 0 aliphatic carbocycles. The monoisotopic (exact) mass is 789 g/mol. The Labute approximate surface area is 322 Å². The Morgan fingerprint density at radius 2 is 1.58 bits per heavy atom. The summed E-state index contributed by atoms with van der Waals surface area (Å²) < 4.78 is 57.8. The van der Waals surface area contributed by atoms with Crippen molar-refractivity contribution in [1.29, 1.82) is 0 Å². The van der Waals surface area contributed by atoms with Crippen molar-refractivity contribution in [3.8, 4) is 5.75 Å². The minimum absolute atomic E-state index is 0.0759. The standard InChI is InChI=1S/C38H56N5O11P/c1-22(2)33(44)51-30-28(53-38(11,31(30)52-34(45)23(3)4)29-18-17-27-32(39)40-21-41-43(27)29)19-50-55(47,42-24(5)35(46)49-20-37(9,10)48-12)54-26-15-13-25(14-16-26)36(6,7)8/h13-18,21-24,28,30-31H,19-20H2,1-12H3,(H,42,47)(H2,39,40,41)/t24-,28+,30+,31+,38-,55?/m0/s1. The number of aromatic nitrogens is 3. The summed E-state index contributed by atoms with van der Waals surface area (Å²) in [5.74, 6) is -2.67. The summed E-state index contributed by atoms with van der Waals surface area (Å²) in [5, 5.41) is 7.05. The fourth-order valence-electron chi connectivity index (χ4n) is 5.60. The van der Waals surface area contributed by atoms with E-state index in [0.29, 0.717) is 11.2 Å². The molecule has 55 heavy (non-hydrogen) atoms. The van der Waals surface area contributed by atoms with Crippen molar-refractivity contribution in [2.75, 3.05) is 26.1 Å². The average Bonchev–Trinajstić information content (AvgIpc) is 3.66. The molecule has 1 aliphatic heterocycles. The summed E-state index contributed by atoms with van der Waals surface area (Å²) in [6, 6.07) is 9.15. The molecule has 4 rings (SSSR count). The van der Waals surface area contributed by atoms with Crippen molar-refractivity contribution < 1.29 is 51.7 Å². The van der Waals surface area contributed by atoms with Crippen LogP contribution >= 0.6 is 7.75 Å². The van der Waals surface area contributed by atoms with Gasteiger partial charge in [0.25, 0.3) is 0 Å². The Morgan fingerprint density at radius 1 is 0.964 bits per heavy atom. The molecule has 3 N–H and O–H groups in total. The van der Waals surface area contributed by atoms with Crippen molar-refractivity contribution in [2.24, 2.45) is 11.8 Å². The first-order chi connectivity index (χ1) is 25.5. The Bertz CT molecular complexity index is 1870. The zero-order valence-corrected chi connectivity index (χ0v) is 34.7. The number of carbonyl (C=O) groups is 3. The highest BCUT2D eigenvalue weighted by Crippen LogP contribution is 2.49. The number of nitrogen functional groups attached to an aromatic ring is 1. The average molecular weight is 790 g/mol. The Hall–Kier alpha value is -4.08. The van der Waals surface area contributed by atoms with E-state index >= 15 is 0 Å². The molecular formula is C38H56N5O11P. The lowest BCUT2D eigenvalue weighted by atomic mass is 9.87. The van der Waals surface area contributed by atoms with Crippen LogP contribution in [-0.4, -0.2) is 82.8 Å². The molecule has 1 aromatic carbocycles. The topological polar surface area (TPSA) is 201 Å².